The molecule has 0 fully saturated rings. The number of rotatable bonds is 5. The fourth-order valence-electron chi connectivity index (χ4n) is 1.78. The Morgan fingerprint density at radius 3 is 2.47 bits per heavy atom. The van der Waals surface area contributed by atoms with Crippen LogP contribution < -0.4 is 0 Å². The second-order valence-corrected chi connectivity index (χ2v) is 5.47. The molecule has 3 heteroatoms. The molecule has 0 N–H and O–H groups in total. The molecular formula is C14H24N2O. The van der Waals surface area contributed by atoms with Gasteiger partial charge in [0.25, 0.3) is 0 Å². The van der Waals surface area contributed by atoms with Gasteiger partial charge in [0, 0.05) is 24.1 Å². The Balaban J connectivity index is 2.69. The fourth-order valence-corrected chi connectivity index (χ4v) is 1.78. The first-order chi connectivity index (χ1) is 7.88. The van der Waals surface area contributed by atoms with Crippen LogP contribution in [0, 0.1) is 5.41 Å². The SMILES string of the molecule is CCc1cc(CCC(=O)C(C)(C)C)n(CC)n1. The van der Waals surface area contributed by atoms with Gasteiger partial charge in [0.1, 0.15) is 5.78 Å². The highest BCUT2D eigenvalue weighted by molar-refractivity contribution is 5.83. The average Bonchev–Trinajstić information content (AvgIpc) is 2.66. The lowest BCUT2D eigenvalue weighted by Gasteiger charge is -2.16. The first-order valence-corrected chi connectivity index (χ1v) is 6.47. The van der Waals surface area contributed by atoms with Gasteiger partial charge in [-0.1, -0.05) is 27.7 Å². The molecule has 0 saturated heterocycles. The molecule has 0 aliphatic carbocycles. The van der Waals surface area contributed by atoms with E-state index in [0.717, 1.165) is 25.1 Å². The first-order valence-electron chi connectivity index (χ1n) is 6.47. The minimum absolute atomic E-state index is 0.231. The van der Waals surface area contributed by atoms with E-state index in [1.807, 2.05) is 25.5 Å². The van der Waals surface area contributed by atoms with Crippen LogP contribution in [-0.2, 0) is 24.2 Å². The van der Waals surface area contributed by atoms with Gasteiger partial charge in [-0.25, -0.2) is 0 Å². The normalized spacial score (nSPS) is 11.8. The zero-order valence-electron chi connectivity index (χ0n) is 11.7. The van der Waals surface area contributed by atoms with Gasteiger partial charge in [0.15, 0.2) is 0 Å². The summed E-state index contributed by atoms with van der Waals surface area (Å²) in [6.45, 7) is 11.0. The van der Waals surface area contributed by atoms with Crippen LogP contribution in [0.1, 0.15) is 52.4 Å². The average molecular weight is 236 g/mol. The molecule has 1 aromatic rings. The molecule has 0 aromatic carbocycles. The van der Waals surface area contributed by atoms with E-state index >= 15 is 0 Å². The van der Waals surface area contributed by atoms with Gasteiger partial charge in [-0.3, -0.25) is 9.48 Å². The minimum atomic E-state index is -0.231. The van der Waals surface area contributed by atoms with Gasteiger partial charge in [-0.05, 0) is 25.8 Å². The summed E-state index contributed by atoms with van der Waals surface area (Å²) in [4.78, 5) is 11.9. The molecule has 0 amide bonds. The Hall–Kier alpha value is -1.12. The lowest BCUT2D eigenvalue weighted by molar-refractivity contribution is -0.126. The molecule has 0 unspecified atom stereocenters. The number of aromatic nitrogens is 2. The number of carbonyl (C=O) groups is 1. The molecular weight excluding hydrogens is 212 g/mol. The van der Waals surface area contributed by atoms with Gasteiger partial charge < -0.3 is 0 Å². The van der Waals surface area contributed by atoms with Crippen LogP contribution in [0.4, 0.5) is 0 Å². The Kier molecular flexibility index (Phi) is 4.49. The Morgan fingerprint density at radius 2 is 2.00 bits per heavy atom. The monoisotopic (exact) mass is 236 g/mol. The maximum absolute atomic E-state index is 11.9. The van der Waals surface area contributed by atoms with Gasteiger partial charge in [-0.15, -0.1) is 0 Å². The highest BCUT2D eigenvalue weighted by Gasteiger charge is 2.21. The van der Waals surface area contributed by atoms with E-state index in [-0.39, 0.29) is 5.41 Å². The van der Waals surface area contributed by atoms with Crippen molar-refractivity contribution in [2.75, 3.05) is 0 Å². The number of carbonyl (C=O) groups excluding carboxylic acids is 1. The Morgan fingerprint density at radius 1 is 1.35 bits per heavy atom. The third-order valence-electron chi connectivity index (χ3n) is 3.02. The standard InChI is InChI=1S/C14H24N2O/c1-6-11-10-12(16(7-2)15-11)8-9-13(17)14(3,4)5/h10H,6-9H2,1-5H3. The van der Waals surface area contributed by atoms with Crippen molar-refractivity contribution in [3.63, 3.8) is 0 Å². The summed E-state index contributed by atoms with van der Waals surface area (Å²) in [5, 5.41) is 4.49. The van der Waals surface area contributed by atoms with Crippen molar-refractivity contribution >= 4 is 5.78 Å². The zero-order valence-corrected chi connectivity index (χ0v) is 11.7. The molecule has 0 aliphatic rings. The quantitative estimate of drug-likeness (QED) is 0.787. The second-order valence-electron chi connectivity index (χ2n) is 5.47. The predicted octanol–water partition coefficient (Wildman–Crippen LogP) is 3.01. The van der Waals surface area contributed by atoms with Gasteiger partial charge >= 0.3 is 0 Å². The van der Waals surface area contributed by atoms with Gasteiger partial charge in [-0.2, -0.15) is 5.10 Å². The van der Waals surface area contributed by atoms with Gasteiger partial charge in [0.2, 0.25) is 0 Å². The van der Waals surface area contributed by atoms with Crippen LogP contribution in [0.15, 0.2) is 6.07 Å². The number of aryl methyl sites for hydroxylation is 3. The third kappa shape index (κ3) is 3.69. The van der Waals surface area contributed by atoms with E-state index in [9.17, 15) is 4.79 Å². The molecule has 0 radical (unpaired) electrons. The van der Waals surface area contributed by atoms with E-state index < -0.39 is 0 Å². The van der Waals surface area contributed by atoms with Crippen LogP contribution in [0.3, 0.4) is 0 Å². The van der Waals surface area contributed by atoms with Crippen molar-refractivity contribution in [3.05, 3.63) is 17.5 Å². The number of nitrogens with zero attached hydrogens (tertiary/aromatic N) is 2. The predicted molar refractivity (Wildman–Crippen MR) is 70.1 cm³/mol. The van der Waals surface area contributed by atoms with Crippen molar-refractivity contribution < 1.29 is 4.79 Å². The molecule has 17 heavy (non-hydrogen) atoms. The van der Waals surface area contributed by atoms with E-state index in [4.69, 9.17) is 0 Å². The van der Waals surface area contributed by atoms with Crippen molar-refractivity contribution in [2.24, 2.45) is 5.41 Å². The van der Waals surface area contributed by atoms with Crippen molar-refractivity contribution in [1.29, 1.82) is 0 Å². The fraction of sp³-hybridized carbons (Fsp3) is 0.714. The smallest absolute Gasteiger partial charge is 0.138 e. The summed E-state index contributed by atoms with van der Waals surface area (Å²) >= 11 is 0. The highest BCUT2D eigenvalue weighted by Crippen LogP contribution is 2.18. The van der Waals surface area contributed by atoms with E-state index in [2.05, 4.69) is 25.0 Å². The molecule has 0 spiro atoms. The van der Waals surface area contributed by atoms with Crippen molar-refractivity contribution in [1.82, 2.24) is 9.78 Å². The maximum Gasteiger partial charge on any atom is 0.138 e. The lowest BCUT2D eigenvalue weighted by atomic mass is 9.88. The van der Waals surface area contributed by atoms with Crippen LogP contribution in [0.2, 0.25) is 0 Å². The summed E-state index contributed by atoms with van der Waals surface area (Å²) in [5.41, 5.74) is 2.07. The second kappa shape index (κ2) is 5.48. The van der Waals surface area contributed by atoms with Crippen molar-refractivity contribution in [2.45, 2.75) is 60.4 Å². The topological polar surface area (TPSA) is 34.9 Å². The highest BCUT2D eigenvalue weighted by atomic mass is 16.1. The summed E-state index contributed by atoms with van der Waals surface area (Å²) in [5.74, 6) is 0.319. The summed E-state index contributed by atoms with van der Waals surface area (Å²) in [7, 11) is 0. The number of ketones is 1. The largest absolute Gasteiger partial charge is 0.299 e. The number of hydrogen-bond acceptors (Lipinski definition) is 2. The molecule has 0 atom stereocenters. The Labute approximate surface area is 104 Å². The summed E-state index contributed by atoms with van der Waals surface area (Å²) in [6, 6.07) is 2.12. The van der Waals surface area contributed by atoms with E-state index in [0.29, 0.717) is 12.2 Å². The van der Waals surface area contributed by atoms with Gasteiger partial charge in [0.05, 0.1) is 5.69 Å². The Bertz CT molecular complexity index is 385. The molecule has 3 nitrogen and oxygen atoms in total. The maximum atomic E-state index is 11.9. The molecule has 0 aliphatic heterocycles. The van der Waals surface area contributed by atoms with Crippen molar-refractivity contribution in [3.8, 4) is 0 Å². The van der Waals surface area contributed by atoms with E-state index in [1.54, 1.807) is 0 Å². The molecule has 1 rings (SSSR count). The van der Waals surface area contributed by atoms with Crippen LogP contribution in [0.25, 0.3) is 0 Å². The number of hydrogen-bond donors (Lipinski definition) is 0. The zero-order chi connectivity index (χ0) is 13.1. The van der Waals surface area contributed by atoms with Crippen LogP contribution in [0.5, 0.6) is 0 Å². The minimum Gasteiger partial charge on any atom is -0.299 e. The molecule has 0 saturated carbocycles. The van der Waals surface area contributed by atoms with Crippen LogP contribution in [-0.4, -0.2) is 15.6 Å². The molecule has 1 heterocycles. The molecule has 0 bridgehead atoms. The molecule has 96 valence electrons. The lowest BCUT2D eigenvalue weighted by Crippen LogP contribution is -2.20. The number of Topliss-reactive ketones (excluding diaryl/α,β-unsaturated/α-hetero) is 1. The summed E-state index contributed by atoms with van der Waals surface area (Å²) < 4.78 is 2.01. The van der Waals surface area contributed by atoms with E-state index in [1.165, 1.54) is 5.69 Å². The first kappa shape index (κ1) is 13.9. The van der Waals surface area contributed by atoms with Crippen LogP contribution >= 0.6 is 0 Å². The molecule has 1 aromatic heterocycles. The summed E-state index contributed by atoms with van der Waals surface area (Å²) in [6.07, 6.45) is 2.36. The third-order valence-corrected chi connectivity index (χ3v) is 3.02.